The van der Waals surface area contributed by atoms with Crippen molar-refractivity contribution in [1.82, 2.24) is 20.3 Å². The zero-order chi connectivity index (χ0) is 11.7. The lowest BCUT2D eigenvalue weighted by Gasteiger charge is -2.03. The second kappa shape index (κ2) is 4.38. The fraction of sp³-hybridized carbons (Fsp3) is 0.364. The molecule has 2 N–H and O–H groups in total. The van der Waals surface area contributed by atoms with Crippen LogP contribution >= 0.6 is 11.3 Å². The first kappa shape index (κ1) is 10.6. The van der Waals surface area contributed by atoms with E-state index in [9.17, 15) is 4.79 Å². The average Bonchev–Trinajstić information content (AvgIpc) is 2.98. The van der Waals surface area contributed by atoms with E-state index in [4.69, 9.17) is 0 Å². The van der Waals surface area contributed by atoms with Gasteiger partial charge in [-0.3, -0.25) is 4.79 Å². The molecular formula is C11H12N4OS. The third-order valence-corrected chi connectivity index (χ3v) is 3.21. The van der Waals surface area contributed by atoms with Crippen LogP contribution in [-0.2, 0) is 6.54 Å². The number of nitrogens with one attached hydrogen (secondary N) is 2. The van der Waals surface area contributed by atoms with Crippen molar-refractivity contribution in [2.45, 2.75) is 25.4 Å². The Morgan fingerprint density at radius 3 is 3.12 bits per heavy atom. The molecule has 3 rings (SSSR count). The molecule has 0 bridgehead atoms. The Labute approximate surface area is 102 Å². The summed E-state index contributed by atoms with van der Waals surface area (Å²) in [6.07, 6.45) is 2.45. The summed E-state index contributed by atoms with van der Waals surface area (Å²) in [6, 6.07) is 2.14. The van der Waals surface area contributed by atoms with Crippen molar-refractivity contribution in [3.8, 4) is 11.5 Å². The normalized spacial score (nSPS) is 15.1. The molecule has 0 saturated heterocycles. The molecule has 1 fully saturated rings. The topological polar surface area (TPSA) is 70.7 Å². The maximum Gasteiger partial charge on any atom is 0.251 e. The highest BCUT2D eigenvalue weighted by molar-refractivity contribution is 7.07. The SMILES string of the molecule is O=c1cc(CNC2CC2)nc(-c2cscn2)[nH]1. The van der Waals surface area contributed by atoms with Gasteiger partial charge in [0.1, 0.15) is 5.69 Å². The molecule has 5 nitrogen and oxygen atoms in total. The van der Waals surface area contributed by atoms with Gasteiger partial charge in [0.15, 0.2) is 5.82 Å². The molecule has 1 saturated carbocycles. The van der Waals surface area contributed by atoms with E-state index < -0.39 is 0 Å². The van der Waals surface area contributed by atoms with Crippen LogP contribution in [0.3, 0.4) is 0 Å². The molecule has 2 aromatic heterocycles. The van der Waals surface area contributed by atoms with Gasteiger partial charge in [-0.25, -0.2) is 9.97 Å². The third-order valence-electron chi connectivity index (χ3n) is 2.62. The number of aromatic nitrogens is 3. The standard InChI is InChI=1S/C11H12N4OS/c16-10-3-8(4-12-7-1-2-7)14-11(15-10)9-5-17-6-13-9/h3,5-7,12H,1-2,4H2,(H,14,15,16). The number of hydrogen-bond donors (Lipinski definition) is 2. The fourth-order valence-corrected chi connectivity index (χ4v) is 2.12. The molecule has 1 aliphatic carbocycles. The Morgan fingerprint density at radius 1 is 1.53 bits per heavy atom. The maximum absolute atomic E-state index is 11.5. The number of aromatic amines is 1. The predicted molar refractivity (Wildman–Crippen MR) is 65.8 cm³/mol. The van der Waals surface area contributed by atoms with Gasteiger partial charge in [-0.05, 0) is 12.8 Å². The van der Waals surface area contributed by atoms with Crippen LogP contribution in [0.25, 0.3) is 11.5 Å². The summed E-state index contributed by atoms with van der Waals surface area (Å²) in [5, 5.41) is 5.21. The van der Waals surface area contributed by atoms with Crippen LogP contribution in [0, 0.1) is 0 Å². The van der Waals surface area contributed by atoms with E-state index in [1.165, 1.54) is 30.2 Å². The zero-order valence-corrected chi connectivity index (χ0v) is 9.96. The molecule has 2 heterocycles. The summed E-state index contributed by atoms with van der Waals surface area (Å²) in [7, 11) is 0. The minimum absolute atomic E-state index is 0.129. The molecule has 88 valence electrons. The molecule has 0 spiro atoms. The van der Waals surface area contributed by atoms with Gasteiger partial charge in [-0.1, -0.05) is 0 Å². The Kier molecular flexibility index (Phi) is 2.74. The molecule has 0 aliphatic heterocycles. The Hall–Kier alpha value is -1.53. The molecule has 17 heavy (non-hydrogen) atoms. The van der Waals surface area contributed by atoms with Crippen molar-refractivity contribution in [2.24, 2.45) is 0 Å². The lowest BCUT2D eigenvalue weighted by molar-refractivity contribution is 0.672. The Morgan fingerprint density at radius 2 is 2.41 bits per heavy atom. The monoisotopic (exact) mass is 248 g/mol. The Balaban J connectivity index is 1.86. The average molecular weight is 248 g/mol. The minimum Gasteiger partial charge on any atom is -0.308 e. The van der Waals surface area contributed by atoms with Crippen LogP contribution in [-0.4, -0.2) is 21.0 Å². The molecule has 2 aromatic rings. The number of rotatable bonds is 4. The number of H-pyrrole nitrogens is 1. The predicted octanol–water partition coefficient (Wildman–Crippen LogP) is 1.15. The fourth-order valence-electron chi connectivity index (χ4n) is 1.59. The lowest BCUT2D eigenvalue weighted by Crippen LogP contribution is -2.19. The van der Waals surface area contributed by atoms with Crippen LogP contribution in [0.15, 0.2) is 21.8 Å². The van der Waals surface area contributed by atoms with E-state index in [1.54, 1.807) is 5.51 Å². The van der Waals surface area contributed by atoms with Crippen molar-refractivity contribution >= 4 is 11.3 Å². The quantitative estimate of drug-likeness (QED) is 0.851. The molecule has 0 unspecified atom stereocenters. The summed E-state index contributed by atoms with van der Waals surface area (Å²) in [4.78, 5) is 22.8. The molecule has 0 amide bonds. The van der Waals surface area contributed by atoms with Gasteiger partial charge in [-0.15, -0.1) is 11.3 Å². The summed E-state index contributed by atoms with van der Waals surface area (Å²) >= 11 is 1.49. The van der Waals surface area contributed by atoms with Crippen LogP contribution in [0.1, 0.15) is 18.5 Å². The van der Waals surface area contributed by atoms with Gasteiger partial charge in [0, 0.05) is 24.0 Å². The van der Waals surface area contributed by atoms with Crippen molar-refractivity contribution in [1.29, 1.82) is 0 Å². The molecule has 6 heteroatoms. The summed E-state index contributed by atoms with van der Waals surface area (Å²) in [5.41, 5.74) is 3.09. The zero-order valence-electron chi connectivity index (χ0n) is 9.14. The molecule has 1 aliphatic rings. The van der Waals surface area contributed by atoms with Gasteiger partial charge >= 0.3 is 0 Å². The van der Waals surface area contributed by atoms with Gasteiger partial charge in [0.05, 0.1) is 11.2 Å². The van der Waals surface area contributed by atoms with Crippen LogP contribution < -0.4 is 10.9 Å². The van der Waals surface area contributed by atoms with E-state index in [0.717, 1.165) is 11.4 Å². The second-order valence-electron chi connectivity index (χ2n) is 4.11. The van der Waals surface area contributed by atoms with Crippen molar-refractivity contribution in [3.05, 3.63) is 33.0 Å². The van der Waals surface area contributed by atoms with E-state index in [-0.39, 0.29) is 5.56 Å². The van der Waals surface area contributed by atoms with Crippen LogP contribution in [0.4, 0.5) is 0 Å². The highest BCUT2D eigenvalue weighted by Crippen LogP contribution is 2.19. The highest BCUT2D eigenvalue weighted by Gasteiger charge is 2.20. The van der Waals surface area contributed by atoms with E-state index >= 15 is 0 Å². The van der Waals surface area contributed by atoms with Crippen LogP contribution in [0.5, 0.6) is 0 Å². The molecular weight excluding hydrogens is 236 g/mol. The lowest BCUT2D eigenvalue weighted by atomic mass is 10.3. The van der Waals surface area contributed by atoms with Crippen molar-refractivity contribution in [2.75, 3.05) is 0 Å². The summed E-state index contributed by atoms with van der Waals surface area (Å²) in [6.45, 7) is 0.645. The van der Waals surface area contributed by atoms with Crippen LogP contribution in [0.2, 0.25) is 0 Å². The Bertz CT molecular complexity index is 559. The first-order valence-electron chi connectivity index (χ1n) is 5.53. The van der Waals surface area contributed by atoms with E-state index in [1.807, 2.05) is 5.38 Å². The number of nitrogens with zero attached hydrogens (tertiary/aromatic N) is 2. The first-order valence-corrected chi connectivity index (χ1v) is 6.48. The van der Waals surface area contributed by atoms with Gasteiger partial charge < -0.3 is 10.3 Å². The largest absolute Gasteiger partial charge is 0.308 e. The van der Waals surface area contributed by atoms with Crippen molar-refractivity contribution in [3.63, 3.8) is 0 Å². The van der Waals surface area contributed by atoms with Gasteiger partial charge in [-0.2, -0.15) is 0 Å². The van der Waals surface area contributed by atoms with E-state index in [0.29, 0.717) is 18.4 Å². The smallest absolute Gasteiger partial charge is 0.251 e. The minimum atomic E-state index is -0.129. The first-order chi connectivity index (χ1) is 8.31. The maximum atomic E-state index is 11.5. The highest BCUT2D eigenvalue weighted by atomic mass is 32.1. The van der Waals surface area contributed by atoms with Crippen molar-refractivity contribution < 1.29 is 0 Å². The van der Waals surface area contributed by atoms with E-state index in [2.05, 4.69) is 20.3 Å². The third kappa shape index (κ3) is 2.59. The summed E-state index contributed by atoms with van der Waals surface area (Å²) < 4.78 is 0. The molecule has 0 radical (unpaired) electrons. The van der Waals surface area contributed by atoms with Gasteiger partial charge in [0.25, 0.3) is 5.56 Å². The molecule has 0 atom stereocenters. The molecule has 0 aromatic carbocycles. The second-order valence-corrected chi connectivity index (χ2v) is 4.83. The van der Waals surface area contributed by atoms with Gasteiger partial charge in [0.2, 0.25) is 0 Å². The number of hydrogen-bond acceptors (Lipinski definition) is 5. The number of thiazole rings is 1. The summed E-state index contributed by atoms with van der Waals surface area (Å²) in [5.74, 6) is 0.548.